The van der Waals surface area contributed by atoms with Gasteiger partial charge in [0.1, 0.15) is 12.4 Å². The Bertz CT molecular complexity index is 918. The summed E-state index contributed by atoms with van der Waals surface area (Å²) in [6, 6.07) is 18.8. The normalized spacial score (nSPS) is 14.2. The van der Waals surface area contributed by atoms with Gasteiger partial charge in [-0.05, 0) is 49.6 Å². The lowest BCUT2D eigenvalue weighted by molar-refractivity contribution is -0.140. The van der Waals surface area contributed by atoms with Crippen LogP contribution >= 0.6 is 0 Å². The van der Waals surface area contributed by atoms with Crippen molar-refractivity contribution in [2.24, 2.45) is 5.92 Å². The molecule has 0 spiro atoms. The van der Waals surface area contributed by atoms with Crippen molar-refractivity contribution in [2.75, 3.05) is 6.61 Å². The van der Waals surface area contributed by atoms with E-state index < -0.39 is 5.97 Å². The first-order chi connectivity index (χ1) is 15.3. The van der Waals surface area contributed by atoms with Gasteiger partial charge in [0.25, 0.3) is 0 Å². The molecule has 0 saturated heterocycles. The first kappa shape index (κ1) is 25.1. The SMILES string of the molecule is C=C(COC(C)=O)C[C@H](O[C@@H](C)c1ccccc1)[C@H](C)/C(=C/C)OC(=O)c1ccccc1. The Kier molecular flexibility index (Phi) is 9.89. The highest BCUT2D eigenvalue weighted by molar-refractivity contribution is 5.90. The molecule has 0 radical (unpaired) electrons. The van der Waals surface area contributed by atoms with Crippen LogP contribution in [0.25, 0.3) is 0 Å². The van der Waals surface area contributed by atoms with E-state index in [0.717, 1.165) is 11.1 Å². The summed E-state index contributed by atoms with van der Waals surface area (Å²) in [7, 11) is 0. The maximum atomic E-state index is 12.6. The molecule has 170 valence electrons. The third kappa shape index (κ3) is 7.82. The molecule has 0 amide bonds. The van der Waals surface area contributed by atoms with Gasteiger partial charge < -0.3 is 14.2 Å². The molecule has 2 aromatic carbocycles. The molecule has 5 nitrogen and oxygen atoms in total. The number of hydrogen-bond donors (Lipinski definition) is 0. The predicted molar refractivity (Wildman–Crippen MR) is 125 cm³/mol. The Morgan fingerprint density at radius 2 is 1.59 bits per heavy atom. The Labute approximate surface area is 190 Å². The average molecular weight is 437 g/mol. The van der Waals surface area contributed by atoms with E-state index in [9.17, 15) is 9.59 Å². The van der Waals surface area contributed by atoms with Gasteiger partial charge in [-0.3, -0.25) is 4.79 Å². The molecule has 0 saturated carbocycles. The van der Waals surface area contributed by atoms with E-state index >= 15 is 0 Å². The van der Waals surface area contributed by atoms with Crippen LogP contribution in [0.4, 0.5) is 0 Å². The van der Waals surface area contributed by atoms with Crippen LogP contribution in [0, 0.1) is 5.92 Å². The maximum Gasteiger partial charge on any atom is 0.343 e. The Hall–Kier alpha value is -3.18. The van der Waals surface area contributed by atoms with Crippen molar-refractivity contribution in [1.29, 1.82) is 0 Å². The summed E-state index contributed by atoms with van der Waals surface area (Å²) in [5.74, 6) is -0.503. The molecule has 0 unspecified atom stereocenters. The molecule has 5 heteroatoms. The molecule has 0 aliphatic rings. The van der Waals surface area contributed by atoms with Crippen LogP contribution in [0.15, 0.2) is 84.7 Å². The molecule has 32 heavy (non-hydrogen) atoms. The highest BCUT2D eigenvalue weighted by Crippen LogP contribution is 2.29. The molecule has 2 rings (SSSR count). The number of allylic oxidation sites excluding steroid dienone is 1. The molecule has 0 aliphatic carbocycles. The minimum atomic E-state index is -0.417. The molecule has 0 heterocycles. The van der Waals surface area contributed by atoms with Crippen molar-refractivity contribution in [3.05, 3.63) is 95.8 Å². The number of carbonyl (C=O) groups is 2. The van der Waals surface area contributed by atoms with E-state index in [1.54, 1.807) is 30.3 Å². The summed E-state index contributed by atoms with van der Waals surface area (Å²) in [6.07, 6.45) is 1.70. The van der Waals surface area contributed by atoms with Crippen LogP contribution in [0.3, 0.4) is 0 Å². The summed E-state index contributed by atoms with van der Waals surface area (Å²) in [5.41, 5.74) is 2.24. The first-order valence-electron chi connectivity index (χ1n) is 10.8. The lowest BCUT2D eigenvalue weighted by atomic mass is 9.95. The van der Waals surface area contributed by atoms with Gasteiger partial charge in [-0.2, -0.15) is 0 Å². The van der Waals surface area contributed by atoms with E-state index in [0.29, 0.717) is 17.7 Å². The second-order valence-electron chi connectivity index (χ2n) is 7.70. The van der Waals surface area contributed by atoms with Crippen LogP contribution in [-0.4, -0.2) is 24.6 Å². The van der Waals surface area contributed by atoms with Crippen molar-refractivity contribution in [1.82, 2.24) is 0 Å². The van der Waals surface area contributed by atoms with Gasteiger partial charge in [0.15, 0.2) is 0 Å². The lowest BCUT2D eigenvalue weighted by Crippen LogP contribution is -2.28. The van der Waals surface area contributed by atoms with Gasteiger partial charge >= 0.3 is 11.9 Å². The van der Waals surface area contributed by atoms with Crippen molar-refractivity contribution in [3.63, 3.8) is 0 Å². The molecular formula is C27H32O5. The van der Waals surface area contributed by atoms with Crippen LogP contribution in [0.1, 0.15) is 56.1 Å². The zero-order valence-corrected chi connectivity index (χ0v) is 19.2. The second-order valence-corrected chi connectivity index (χ2v) is 7.70. The predicted octanol–water partition coefficient (Wildman–Crippen LogP) is 6.04. The summed E-state index contributed by atoms with van der Waals surface area (Å²) in [6.45, 7) is 11.3. The summed E-state index contributed by atoms with van der Waals surface area (Å²) < 4.78 is 17.2. The van der Waals surface area contributed by atoms with E-state index in [1.165, 1.54) is 6.92 Å². The number of esters is 2. The monoisotopic (exact) mass is 436 g/mol. The zero-order chi connectivity index (χ0) is 23.5. The van der Waals surface area contributed by atoms with Gasteiger partial charge in [0, 0.05) is 12.8 Å². The number of ether oxygens (including phenoxy) is 3. The number of carbonyl (C=O) groups excluding carboxylic acids is 2. The smallest absolute Gasteiger partial charge is 0.343 e. The summed E-state index contributed by atoms with van der Waals surface area (Å²) in [4.78, 5) is 23.8. The van der Waals surface area contributed by atoms with E-state index in [1.807, 2.05) is 57.2 Å². The van der Waals surface area contributed by atoms with Gasteiger partial charge in [-0.15, -0.1) is 0 Å². The van der Waals surface area contributed by atoms with Crippen molar-refractivity contribution in [3.8, 4) is 0 Å². The van der Waals surface area contributed by atoms with Crippen molar-refractivity contribution < 1.29 is 23.8 Å². The fourth-order valence-electron chi connectivity index (χ4n) is 3.29. The van der Waals surface area contributed by atoms with Gasteiger partial charge in [0.2, 0.25) is 0 Å². The van der Waals surface area contributed by atoms with Crippen LogP contribution in [0.2, 0.25) is 0 Å². The highest BCUT2D eigenvalue weighted by atomic mass is 16.5. The number of benzene rings is 2. The zero-order valence-electron chi connectivity index (χ0n) is 19.2. The van der Waals surface area contributed by atoms with Crippen LogP contribution in [0.5, 0.6) is 0 Å². The summed E-state index contributed by atoms with van der Waals surface area (Å²) >= 11 is 0. The molecule has 2 aromatic rings. The molecule has 3 atom stereocenters. The van der Waals surface area contributed by atoms with Gasteiger partial charge in [-0.25, -0.2) is 4.79 Å². The fourth-order valence-corrected chi connectivity index (χ4v) is 3.29. The van der Waals surface area contributed by atoms with Gasteiger partial charge in [-0.1, -0.05) is 62.0 Å². The van der Waals surface area contributed by atoms with E-state index in [-0.39, 0.29) is 30.7 Å². The van der Waals surface area contributed by atoms with Crippen molar-refractivity contribution >= 4 is 11.9 Å². The number of rotatable bonds is 11. The molecule has 0 aliphatic heterocycles. The van der Waals surface area contributed by atoms with E-state index in [4.69, 9.17) is 14.2 Å². The standard InChI is InChI=1S/C27H32O5/c1-6-25(32-27(29)24-15-11-8-12-16-24)20(3)26(17-19(2)18-30-22(5)28)31-21(4)23-13-9-7-10-14-23/h6-16,20-21,26H,2,17-18H2,1,3-5H3/b25-6-/t20-,21+,26+/m1/s1. The number of hydrogen-bond acceptors (Lipinski definition) is 5. The van der Waals surface area contributed by atoms with E-state index in [2.05, 4.69) is 6.58 Å². The Morgan fingerprint density at radius 1 is 1.00 bits per heavy atom. The lowest BCUT2D eigenvalue weighted by Gasteiger charge is -2.29. The fraction of sp³-hybridized carbons (Fsp3) is 0.333. The average Bonchev–Trinajstić information content (AvgIpc) is 2.81. The van der Waals surface area contributed by atoms with Gasteiger partial charge in [0.05, 0.1) is 17.8 Å². The second kappa shape index (κ2) is 12.6. The highest BCUT2D eigenvalue weighted by Gasteiger charge is 2.27. The quantitative estimate of drug-likeness (QED) is 0.244. The molecular weight excluding hydrogens is 404 g/mol. The topological polar surface area (TPSA) is 61.8 Å². The Balaban J connectivity index is 2.18. The maximum absolute atomic E-state index is 12.6. The summed E-state index contributed by atoms with van der Waals surface area (Å²) in [5, 5.41) is 0. The third-order valence-corrected chi connectivity index (χ3v) is 5.13. The van der Waals surface area contributed by atoms with Crippen LogP contribution in [-0.2, 0) is 19.0 Å². The first-order valence-corrected chi connectivity index (χ1v) is 10.8. The largest absolute Gasteiger partial charge is 0.461 e. The Morgan fingerprint density at radius 3 is 2.16 bits per heavy atom. The van der Waals surface area contributed by atoms with Crippen molar-refractivity contribution in [2.45, 2.75) is 46.3 Å². The molecule has 0 N–H and O–H groups in total. The minimum Gasteiger partial charge on any atom is -0.461 e. The third-order valence-electron chi connectivity index (χ3n) is 5.13. The van der Waals surface area contributed by atoms with Crippen LogP contribution < -0.4 is 0 Å². The molecule has 0 fully saturated rings. The molecule has 0 bridgehead atoms. The minimum absolute atomic E-state index is 0.122. The molecule has 0 aromatic heterocycles.